The van der Waals surface area contributed by atoms with Crippen molar-refractivity contribution < 1.29 is 14.0 Å². The molecule has 0 radical (unpaired) electrons. The predicted octanol–water partition coefficient (Wildman–Crippen LogP) is 2.13. The summed E-state index contributed by atoms with van der Waals surface area (Å²) >= 11 is 5.76. The monoisotopic (exact) mass is 256 g/mol. The van der Waals surface area contributed by atoms with E-state index in [4.69, 9.17) is 16.3 Å². The van der Waals surface area contributed by atoms with Gasteiger partial charge in [-0.25, -0.2) is 0 Å². The molecular formula is C13H19ClNO2+. The molecule has 0 N–H and O–H groups in total. The average Bonchev–Trinajstić information content (AvgIpc) is 2.19. The summed E-state index contributed by atoms with van der Waals surface area (Å²) in [5.41, 5.74) is 0.921. The highest BCUT2D eigenvalue weighted by Gasteiger charge is 2.09. The Morgan fingerprint density at radius 3 is 2.35 bits per heavy atom. The number of carbonyl (C=O) groups is 1. The fraction of sp³-hybridized carbons (Fsp3) is 0.462. The summed E-state index contributed by atoms with van der Waals surface area (Å²) in [6, 6.07) is 7.22. The lowest BCUT2D eigenvalue weighted by atomic mass is 10.1. The van der Waals surface area contributed by atoms with Gasteiger partial charge in [0, 0.05) is 5.02 Å². The number of rotatable bonds is 5. The summed E-state index contributed by atoms with van der Waals surface area (Å²) in [4.78, 5) is 11.5. The van der Waals surface area contributed by atoms with E-state index in [-0.39, 0.29) is 5.97 Å². The van der Waals surface area contributed by atoms with Crippen LogP contribution >= 0.6 is 11.6 Å². The van der Waals surface area contributed by atoms with Gasteiger partial charge in [0.25, 0.3) is 0 Å². The first-order valence-corrected chi connectivity index (χ1v) is 5.95. The fourth-order valence-corrected chi connectivity index (χ4v) is 1.38. The molecule has 17 heavy (non-hydrogen) atoms. The molecule has 0 aromatic heterocycles. The minimum Gasteiger partial charge on any atom is -0.459 e. The van der Waals surface area contributed by atoms with Crippen LogP contribution in [-0.2, 0) is 16.0 Å². The van der Waals surface area contributed by atoms with E-state index in [1.54, 1.807) is 12.1 Å². The summed E-state index contributed by atoms with van der Waals surface area (Å²) in [5, 5.41) is 0.673. The second-order valence-electron chi connectivity index (χ2n) is 5.04. The van der Waals surface area contributed by atoms with Gasteiger partial charge >= 0.3 is 5.97 Å². The van der Waals surface area contributed by atoms with Gasteiger partial charge in [-0.1, -0.05) is 23.7 Å². The molecule has 3 nitrogen and oxygen atoms in total. The molecule has 0 saturated heterocycles. The van der Waals surface area contributed by atoms with Crippen LogP contribution in [0.15, 0.2) is 24.3 Å². The number of likely N-dealkylation sites (N-methyl/N-ethyl adjacent to an activating group) is 1. The Bertz CT molecular complexity index is 368. The van der Waals surface area contributed by atoms with Gasteiger partial charge < -0.3 is 9.22 Å². The van der Waals surface area contributed by atoms with Gasteiger partial charge in [0.15, 0.2) is 0 Å². The standard InChI is InChI=1S/C13H19ClNO2/c1-15(2,3)8-9-17-13(16)10-11-4-6-12(14)7-5-11/h4-7H,8-10H2,1-3H3/q+1. The molecule has 0 bridgehead atoms. The Morgan fingerprint density at radius 1 is 1.24 bits per heavy atom. The summed E-state index contributed by atoms with van der Waals surface area (Å²) in [7, 11) is 6.19. The Balaban J connectivity index is 2.32. The van der Waals surface area contributed by atoms with Crippen molar-refractivity contribution >= 4 is 17.6 Å². The van der Waals surface area contributed by atoms with Crippen molar-refractivity contribution in [2.75, 3.05) is 34.3 Å². The quantitative estimate of drug-likeness (QED) is 0.596. The molecule has 94 valence electrons. The summed E-state index contributed by atoms with van der Waals surface area (Å²) in [5.74, 6) is -0.194. The highest BCUT2D eigenvalue weighted by Crippen LogP contribution is 2.10. The zero-order chi connectivity index (χ0) is 12.9. The van der Waals surface area contributed by atoms with Crippen LogP contribution in [-0.4, -0.2) is 44.7 Å². The molecule has 4 heteroatoms. The number of hydrogen-bond acceptors (Lipinski definition) is 2. The van der Waals surface area contributed by atoms with Crippen molar-refractivity contribution in [3.8, 4) is 0 Å². The highest BCUT2D eigenvalue weighted by molar-refractivity contribution is 6.30. The number of ether oxygens (including phenoxy) is 1. The Hall–Kier alpha value is -1.06. The highest BCUT2D eigenvalue weighted by atomic mass is 35.5. The van der Waals surface area contributed by atoms with Gasteiger partial charge in [0.1, 0.15) is 13.2 Å². The van der Waals surface area contributed by atoms with Gasteiger partial charge in [-0.15, -0.1) is 0 Å². The molecule has 1 rings (SSSR count). The minimum absolute atomic E-state index is 0.194. The van der Waals surface area contributed by atoms with Crippen molar-refractivity contribution in [3.05, 3.63) is 34.9 Å². The van der Waals surface area contributed by atoms with E-state index < -0.39 is 0 Å². The second-order valence-corrected chi connectivity index (χ2v) is 5.47. The lowest BCUT2D eigenvalue weighted by molar-refractivity contribution is -0.870. The van der Waals surface area contributed by atoms with Crippen molar-refractivity contribution in [2.45, 2.75) is 6.42 Å². The van der Waals surface area contributed by atoms with Crippen LogP contribution in [0.2, 0.25) is 5.02 Å². The Labute approximate surface area is 108 Å². The molecule has 1 aromatic rings. The zero-order valence-corrected chi connectivity index (χ0v) is 11.3. The van der Waals surface area contributed by atoms with Gasteiger partial charge in [-0.2, -0.15) is 0 Å². The van der Waals surface area contributed by atoms with Crippen LogP contribution in [0, 0.1) is 0 Å². The molecule has 0 aliphatic carbocycles. The van der Waals surface area contributed by atoms with E-state index in [0.29, 0.717) is 18.1 Å². The van der Waals surface area contributed by atoms with Crippen LogP contribution in [0.1, 0.15) is 5.56 Å². The largest absolute Gasteiger partial charge is 0.459 e. The molecule has 0 heterocycles. The summed E-state index contributed by atoms with van der Waals surface area (Å²) in [6.45, 7) is 1.27. The third kappa shape index (κ3) is 6.29. The van der Waals surface area contributed by atoms with Crippen LogP contribution < -0.4 is 0 Å². The molecule has 0 aliphatic heterocycles. The number of quaternary nitrogens is 1. The predicted molar refractivity (Wildman–Crippen MR) is 69.0 cm³/mol. The molecule has 0 atom stereocenters. The van der Waals surface area contributed by atoms with Crippen LogP contribution in [0.4, 0.5) is 0 Å². The van der Waals surface area contributed by atoms with Crippen molar-refractivity contribution in [3.63, 3.8) is 0 Å². The van der Waals surface area contributed by atoms with E-state index in [0.717, 1.165) is 16.6 Å². The molecule has 0 spiro atoms. The van der Waals surface area contributed by atoms with E-state index in [1.165, 1.54) is 0 Å². The van der Waals surface area contributed by atoms with Crippen molar-refractivity contribution in [1.29, 1.82) is 0 Å². The van der Waals surface area contributed by atoms with Crippen LogP contribution in [0.25, 0.3) is 0 Å². The Kier molecular flexibility index (Phi) is 4.97. The lowest BCUT2D eigenvalue weighted by Crippen LogP contribution is -2.38. The van der Waals surface area contributed by atoms with Crippen molar-refractivity contribution in [2.24, 2.45) is 0 Å². The topological polar surface area (TPSA) is 26.3 Å². The first kappa shape index (κ1) is 14.0. The van der Waals surface area contributed by atoms with E-state index >= 15 is 0 Å². The molecule has 0 saturated carbocycles. The molecule has 0 amide bonds. The molecule has 0 unspecified atom stereocenters. The molecular weight excluding hydrogens is 238 g/mol. The number of benzene rings is 1. The van der Waals surface area contributed by atoms with E-state index in [2.05, 4.69) is 21.1 Å². The molecule has 0 aliphatic rings. The summed E-state index contributed by atoms with van der Waals surface area (Å²) in [6.07, 6.45) is 0.300. The third-order valence-corrected chi connectivity index (χ3v) is 2.54. The maximum absolute atomic E-state index is 11.5. The van der Waals surface area contributed by atoms with Crippen LogP contribution in [0.3, 0.4) is 0 Å². The SMILES string of the molecule is C[N+](C)(C)CCOC(=O)Cc1ccc(Cl)cc1. The number of halogens is 1. The van der Waals surface area contributed by atoms with E-state index in [9.17, 15) is 4.79 Å². The van der Waals surface area contributed by atoms with Gasteiger partial charge in [-0.05, 0) is 17.7 Å². The lowest BCUT2D eigenvalue weighted by Gasteiger charge is -2.23. The van der Waals surface area contributed by atoms with E-state index in [1.807, 2.05) is 12.1 Å². The molecule has 1 aromatic carbocycles. The maximum atomic E-state index is 11.5. The van der Waals surface area contributed by atoms with Crippen LogP contribution in [0.5, 0.6) is 0 Å². The maximum Gasteiger partial charge on any atom is 0.310 e. The first-order chi connectivity index (χ1) is 7.87. The first-order valence-electron chi connectivity index (χ1n) is 5.57. The zero-order valence-electron chi connectivity index (χ0n) is 10.6. The number of hydrogen-bond donors (Lipinski definition) is 0. The number of nitrogens with zero attached hydrogens (tertiary/aromatic N) is 1. The summed E-state index contributed by atoms with van der Waals surface area (Å²) < 4.78 is 5.95. The normalized spacial score (nSPS) is 11.3. The fourth-order valence-electron chi connectivity index (χ4n) is 1.25. The number of esters is 1. The Morgan fingerprint density at radius 2 is 1.82 bits per heavy atom. The smallest absolute Gasteiger partial charge is 0.310 e. The van der Waals surface area contributed by atoms with Crippen molar-refractivity contribution in [1.82, 2.24) is 0 Å². The van der Waals surface area contributed by atoms with Gasteiger partial charge in [0.2, 0.25) is 0 Å². The van der Waals surface area contributed by atoms with Gasteiger partial charge in [0.05, 0.1) is 27.6 Å². The van der Waals surface area contributed by atoms with Gasteiger partial charge in [-0.3, -0.25) is 4.79 Å². The molecule has 0 fully saturated rings. The third-order valence-electron chi connectivity index (χ3n) is 2.29. The number of carbonyl (C=O) groups excluding carboxylic acids is 1. The minimum atomic E-state index is -0.194. The average molecular weight is 257 g/mol. The second kappa shape index (κ2) is 6.03.